The molecule has 0 spiro atoms. The molecule has 0 radical (unpaired) electrons. The summed E-state index contributed by atoms with van der Waals surface area (Å²) < 4.78 is 25.7. The van der Waals surface area contributed by atoms with Crippen molar-refractivity contribution in [1.29, 1.82) is 0 Å². The summed E-state index contributed by atoms with van der Waals surface area (Å²) in [6, 6.07) is 3.00. The second-order valence-corrected chi connectivity index (χ2v) is 5.73. The Morgan fingerprint density at radius 3 is 2.58 bits per heavy atom. The minimum absolute atomic E-state index is 0.0513. The molecule has 0 aliphatic carbocycles. The van der Waals surface area contributed by atoms with Crippen LogP contribution in [0.5, 0.6) is 0 Å². The molecule has 7 nitrogen and oxygen atoms in total. The number of nitrogens with one attached hydrogen (secondary N) is 1. The number of pyridine rings is 1. The SMILES string of the molecule is CCN(CC(=O)NC)S(=O)(=O)c1ccc(CN)nc1. The van der Waals surface area contributed by atoms with Gasteiger partial charge in [0.2, 0.25) is 15.9 Å². The summed E-state index contributed by atoms with van der Waals surface area (Å²) in [5.74, 6) is -0.364. The normalized spacial score (nSPS) is 11.6. The number of likely N-dealkylation sites (N-methyl/N-ethyl adjacent to an activating group) is 2. The highest BCUT2D eigenvalue weighted by Gasteiger charge is 2.25. The van der Waals surface area contributed by atoms with Crippen molar-refractivity contribution in [3.05, 3.63) is 24.0 Å². The van der Waals surface area contributed by atoms with E-state index in [1.54, 1.807) is 13.0 Å². The lowest BCUT2D eigenvalue weighted by molar-refractivity contribution is -0.120. The fraction of sp³-hybridized carbons (Fsp3) is 0.455. The zero-order chi connectivity index (χ0) is 14.5. The first-order valence-electron chi connectivity index (χ1n) is 5.81. The van der Waals surface area contributed by atoms with Gasteiger partial charge in [0.15, 0.2) is 0 Å². The van der Waals surface area contributed by atoms with E-state index in [1.807, 2.05) is 0 Å². The third-order valence-electron chi connectivity index (χ3n) is 2.60. The van der Waals surface area contributed by atoms with E-state index in [2.05, 4.69) is 10.3 Å². The molecule has 1 amide bonds. The van der Waals surface area contributed by atoms with Crippen LogP contribution in [0.1, 0.15) is 12.6 Å². The zero-order valence-corrected chi connectivity index (χ0v) is 11.8. The summed E-state index contributed by atoms with van der Waals surface area (Å²) in [4.78, 5) is 15.3. The maximum absolute atomic E-state index is 12.3. The zero-order valence-electron chi connectivity index (χ0n) is 11.0. The number of hydrogen-bond acceptors (Lipinski definition) is 5. The average molecular weight is 286 g/mol. The summed E-state index contributed by atoms with van der Waals surface area (Å²) in [5.41, 5.74) is 6.01. The molecule has 1 rings (SSSR count). The molecule has 8 heteroatoms. The smallest absolute Gasteiger partial charge is 0.245 e. The Labute approximate surface area is 112 Å². The Morgan fingerprint density at radius 1 is 1.47 bits per heavy atom. The van der Waals surface area contributed by atoms with Gasteiger partial charge in [-0.2, -0.15) is 4.31 Å². The van der Waals surface area contributed by atoms with Crippen LogP contribution in [-0.4, -0.2) is 43.8 Å². The molecule has 1 heterocycles. The first-order chi connectivity index (χ1) is 8.95. The quantitative estimate of drug-likeness (QED) is 0.719. The van der Waals surface area contributed by atoms with Crippen molar-refractivity contribution in [3.63, 3.8) is 0 Å². The Morgan fingerprint density at radius 2 is 2.16 bits per heavy atom. The number of carbonyl (C=O) groups excluding carboxylic acids is 1. The van der Waals surface area contributed by atoms with Crippen LogP contribution in [0.15, 0.2) is 23.2 Å². The summed E-state index contributed by atoms with van der Waals surface area (Å²) >= 11 is 0. The predicted molar refractivity (Wildman–Crippen MR) is 70.6 cm³/mol. The standard InChI is InChI=1S/C11H18N4O3S/c1-3-15(8-11(16)13-2)19(17,18)10-5-4-9(6-12)14-7-10/h4-5,7H,3,6,8,12H2,1-2H3,(H,13,16). The number of hydrogen-bond donors (Lipinski definition) is 2. The lowest BCUT2D eigenvalue weighted by Gasteiger charge is -2.19. The van der Waals surface area contributed by atoms with Gasteiger partial charge in [0.05, 0.1) is 12.2 Å². The van der Waals surface area contributed by atoms with Crippen LogP contribution in [0.25, 0.3) is 0 Å². The van der Waals surface area contributed by atoms with Crippen LogP contribution >= 0.6 is 0 Å². The van der Waals surface area contributed by atoms with Gasteiger partial charge in [-0.3, -0.25) is 9.78 Å². The monoisotopic (exact) mass is 286 g/mol. The van der Waals surface area contributed by atoms with Crippen molar-refractivity contribution in [3.8, 4) is 0 Å². The highest BCUT2D eigenvalue weighted by Crippen LogP contribution is 2.14. The van der Waals surface area contributed by atoms with E-state index in [4.69, 9.17) is 5.73 Å². The summed E-state index contributed by atoms with van der Waals surface area (Å²) in [5, 5.41) is 2.39. The second-order valence-electron chi connectivity index (χ2n) is 3.79. The highest BCUT2D eigenvalue weighted by atomic mass is 32.2. The molecule has 0 aromatic carbocycles. The van der Waals surface area contributed by atoms with E-state index in [0.29, 0.717) is 5.69 Å². The molecule has 19 heavy (non-hydrogen) atoms. The minimum Gasteiger partial charge on any atom is -0.358 e. The molecule has 0 bridgehead atoms. The van der Waals surface area contributed by atoms with E-state index >= 15 is 0 Å². The maximum Gasteiger partial charge on any atom is 0.245 e. The van der Waals surface area contributed by atoms with Gasteiger partial charge in [-0.1, -0.05) is 6.92 Å². The van der Waals surface area contributed by atoms with Gasteiger partial charge in [-0.05, 0) is 12.1 Å². The molecule has 0 aliphatic heterocycles. The number of amides is 1. The minimum atomic E-state index is -3.71. The van der Waals surface area contributed by atoms with Gasteiger partial charge < -0.3 is 11.1 Å². The van der Waals surface area contributed by atoms with Crippen LogP contribution in [-0.2, 0) is 21.4 Å². The first-order valence-corrected chi connectivity index (χ1v) is 7.25. The Balaban J connectivity index is 3.02. The lowest BCUT2D eigenvalue weighted by Crippen LogP contribution is -2.39. The van der Waals surface area contributed by atoms with Gasteiger partial charge in [-0.15, -0.1) is 0 Å². The van der Waals surface area contributed by atoms with Crippen molar-refractivity contribution in [2.24, 2.45) is 5.73 Å². The summed E-state index contributed by atoms with van der Waals surface area (Å²) in [6.45, 7) is 1.90. The molecule has 1 aromatic heterocycles. The number of nitrogens with two attached hydrogens (primary N) is 1. The Hall–Kier alpha value is -1.51. The fourth-order valence-electron chi connectivity index (χ4n) is 1.44. The van der Waals surface area contributed by atoms with E-state index < -0.39 is 10.0 Å². The third-order valence-corrected chi connectivity index (χ3v) is 4.50. The highest BCUT2D eigenvalue weighted by molar-refractivity contribution is 7.89. The van der Waals surface area contributed by atoms with Gasteiger partial charge in [-0.25, -0.2) is 8.42 Å². The molecule has 0 saturated carbocycles. The molecule has 0 aliphatic rings. The molecule has 1 aromatic rings. The number of sulfonamides is 1. The van der Waals surface area contributed by atoms with Crippen LogP contribution in [0.4, 0.5) is 0 Å². The number of nitrogens with zero attached hydrogens (tertiary/aromatic N) is 2. The summed E-state index contributed by atoms with van der Waals surface area (Å²) in [6.07, 6.45) is 1.25. The van der Waals surface area contributed by atoms with E-state index in [0.717, 1.165) is 4.31 Å². The van der Waals surface area contributed by atoms with Crippen LogP contribution in [0.3, 0.4) is 0 Å². The third kappa shape index (κ3) is 3.72. The molecule has 106 valence electrons. The fourth-order valence-corrected chi connectivity index (χ4v) is 2.79. The first kappa shape index (κ1) is 15.5. The van der Waals surface area contributed by atoms with Crippen LogP contribution in [0.2, 0.25) is 0 Å². The topological polar surface area (TPSA) is 105 Å². The number of aromatic nitrogens is 1. The molecule has 3 N–H and O–H groups in total. The van der Waals surface area contributed by atoms with Crippen molar-refractivity contribution < 1.29 is 13.2 Å². The largest absolute Gasteiger partial charge is 0.358 e. The van der Waals surface area contributed by atoms with Gasteiger partial charge in [0.25, 0.3) is 0 Å². The predicted octanol–water partition coefficient (Wildman–Crippen LogP) is -0.703. The van der Waals surface area contributed by atoms with E-state index in [9.17, 15) is 13.2 Å². The van der Waals surface area contributed by atoms with Gasteiger partial charge >= 0.3 is 0 Å². The van der Waals surface area contributed by atoms with Crippen molar-refractivity contribution in [2.75, 3.05) is 20.1 Å². The van der Waals surface area contributed by atoms with E-state index in [1.165, 1.54) is 19.3 Å². The second kappa shape index (κ2) is 6.60. The van der Waals surface area contributed by atoms with Gasteiger partial charge in [0, 0.05) is 26.3 Å². The molecular weight excluding hydrogens is 268 g/mol. The molecule has 0 unspecified atom stereocenters. The Kier molecular flexibility index (Phi) is 5.40. The average Bonchev–Trinajstić information content (AvgIpc) is 2.44. The number of carbonyl (C=O) groups is 1. The molecule has 0 atom stereocenters. The van der Waals surface area contributed by atoms with Crippen LogP contribution < -0.4 is 11.1 Å². The van der Waals surface area contributed by atoms with Crippen molar-refractivity contribution in [2.45, 2.75) is 18.4 Å². The van der Waals surface area contributed by atoms with Crippen molar-refractivity contribution in [1.82, 2.24) is 14.6 Å². The number of rotatable bonds is 6. The molecule has 0 fully saturated rings. The van der Waals surface area contributed by atoms with Gasteiger partial charge in [0.1, 0.15) is 4.90 Å². The lowest BCUT2D eigenvalue weighted by atomic mass is 10.4. The summed E-state index contributed by atoms with van der Waals surface area (Å²) in [7, 11) is -2.25. The molecular formula is C11H18N4O3S. The van der Waals surface area contributed by atoms with E-state index in [-0.39, 0.29) is 30.4 Å². The van der Waals surface area contributed by atoms with Crippen molar-refractivity contribution >= 4 is 15.9 Å². The molecule has 0 saturated heterocycles. The Bertz CT molecular complexity index is 527. The van der Waals surface area contributed by atoms with Crippen LogP contribution in [0, 0.1) is 0 Å². The maximum atomic E-state index is 12.3.